The first-order valence-electron chi connectivity index (χ1n) is 23.9. The van der Waals surface area contributed by atoms with Gasteiger partial charge in [-0.3, -0.25) is 9.59 Å². The van der Waals surface area contributed by atoms with Crippen LogP contribution in [0.1, 0.15) is 88.7 Å². The summed E-state index contributed by atoms with van der Waals surface area (Å²) in [5.74, 6) is -4.06. The summed E-state index contributed by atoms with van der Waals surface area (Å²) in [4.78, 5) is 82.2. The molecule has 0 saturated carbocycles. The number of azide groups is 1. The molecule has 72 heavy (non-hydrogen) atoms. The third-order valence-electron chi connectivity index (χ3n) is 13.3. The highest BCUT2D eigenvalue weighted by atomic mass is 28.4. The lowest BCUT2D eigenvalue weighted by atomic mass is 9.95. The molecule has 0 radical (unpaired) electrons. The summed E-state index contributed by atoms with van der Waals surface area (Å²) in [7, 11) is -1.78. The number of ketones is 2. The van der Waals surface area contributed by atoms with E-state index >= 15 is 0 Å². The standard InChI is InChI=1S/C52H67N3O16Si/c1-32(2)52(5,6)72(8,9)71-50-41(54-55-53)43(63-29-35-19-13-10-14-20-35)42(38(66-50)31-65-48(60)37-23-17-12-18-24-37)69-51-47(68-40(59)28-26-34(4)57)44(64-30-36-21-15-11-16-22-36)45(46(70-51)49(61)62-7)67-39(58)27-25-33(3)56/h10-24,32,38,41-47,50-51H,25-31H2,1-9H3/t38-,41-,42-,43-,44+,45+,46-,47-,50+,51-/m1/s1. The van der Waals surface area contributed by atoms with Gasteiger partial charge in [0.15, 0.2) is 39.2 Å². The van der Waals surface area contributed by atoms with Crippen molar-refractivity contribution in [3.63, 3.8) is 0 Å². The summed E-state index contributed by atoms with van der Waals surface area (Å²) in [5.41, 5.74) is 11.8. The number of esters is 4. The van der Waals surface area contributed by atoms with E-state index in [9.17, 15) is 34.3 Å². The van der Waals surface area contributed by atoms with Gasteiger partial charge < -0.3 is 56.6 Å². The van der Waals surface area contributed by atoms with Gasteiger partial charge in [-0.25, -0.2) is 9.59 Å². The minimum absolute atomic E-state index is 0.0781. The van der Waals surface area contributed by atoms with Gasteiger partial charge in [0.2, 0.25) is 0 Å². The van der Waals surface area contributed by atoms with Crippen LogP contribution < -0.4 is 0 Å². The van der Waals surface area contributed by atoms with Crippen LogP contribution in [0.5, 0.6) is 0 Å². The Morgan fingerprint density at radius 2 is 1.21 bits per heavy atom. The Balaban J connectivity index is 1.70. The molecule has 2 heterocycles. The highest BCUT2D eigenvalue weighted by molar-refractivity contribution is 6.74. The predicted molar refractivity (Wildman–Crippen MR) is 261 cm³/mol. The minimum Gasteiger partial charge on any atom is -0.467 e. The van der Waals surface area contributed by atoms with Crippen molar-refractivity contribution >= 4 is 43.8 Å². The Morgan fingerprint density at radius 1 is 0.694 bits per heavy atom. The van der Waals surface area contributed by atoms with Crippen LogP contribution in [0.15, 0.2) is 96.1 Å². The third-order valence-corrected chi connectivity index (χ3v) is 17.8. The highest BCUT2D eigenvalue weighted by Crippen LogP contribution is 2.47. The first-order valence-corrected chi connectivity index (χ1v) is 26.8. The zero-order chi connectivity index (χ0) is 52.6. The topological polar surface area (TPSA) is 243 Å². The lowest BCUT2D eigenvalue weighted by molar-refractivity contribution is -0.346. The van der Waals surface area contributed by atoms with E-state index in [2.05, 4.69) is 37.7 Å². The van der Waals surface area contributed by atoms with Crippen LogP contribution in [0.25, 0.3) is 10.4 Å². The van der Waals surface area contributed by atoms with Crippen LogP contribution in [-0.4, -0.2) is 119 Å². The molecular formula is C52H67N3O16Si. The molecule has 2 aliphatic heterocycles. The number of carbonyl (C=O) groups is 6. The van der Waals surface area contributed by atoms with Gasteiger partial charge in [0.05, 0.1) is 38.7 Å². The molecule has 0 aliphatic carbocycles. The quantitative estimate of drug-likeness (QED) is 0.0195. The minimum atomic E-state index is -2.86. The van der Waals surface area contributed by atoms with Gasteiger partial charge in [-0.2, -0.15) is 0 Å². The molecule has 5 rings (SSSR count). The van der Waals surface area contributed by atoms with Crippen molar-refractivity contribution in [3.8, 4) is 0 Å². The fraction of sp³-hybridized carbons (Fsp3) is 0.538. The van der Waals surface area contributed by atoms with Gasteiger partial charge >= 0.3 is 23.9 Å². The molecule has 0 aromatic heterocycles. The predicted octanol–water partition coefficient (Wildman–Crippen LogP) is 7.92. The van der Waals surface area contributed by atoms with Crippen LogP contribution in [0.4, 0.5) is 0 Å². The van der Waals surface area contributed by atoms with Crippen LogP contribution in [-0.2, 0) is 84.2 Å². The van der Waals surface area contributed by atoms with E-state index in [0.29, 0.717) is 11.1 Å². The Kier molecular flexibility index (Phi) is 21.2. The molecular weight excluding hydrogens is 951 g/mol. The normalized spacial score (nSPS) is 24.3. The maximum Gasteiger partial charge on any atom is 0.339 e. The Hall–Kier alpha value is -5.83. The summed E-state index contributed by atoms with van der Waals surface area (Å²) >= 11 is 0. The number of nitrogens with zero attached hydrogens (tertiary/aromatic N) is 3. The zero-order valence-corrected chi connectivity index (χ0v) is 43.3. The van der Waals surface area contributed by atoms with Gasteiger partial charge in [-0.05, 0) is 66.7 Å². The second-order valence-electron chi connectivity index (χ2n) is 19.1. The Morgan fingerprint density at radius 3 is 1.71 bits per heavy atom. The molecule has 3 aromatic rings. The van der Waals surface area contributed by atoms with Gasteiger partial charge in [0.25, 0.3) is 0 Å². The molecule has 10 atom stereocenters. The van der Waals surface area contributed by atoms with E-state index in [-0.39, 0.29) is 60.6 Å². The molecule has 19 nitrogen and oxygen atoms in total. The first-order chi connectivity index (χ1) is 34.3. The van der Waals surface area contributed by atoms with Crippen molar-refractivity contribution in [2.24, 2.45) is 11.0 Å². The number of hydrogen-bond donors (Lipinski definition) is 0. The van der Waals surface area contributed by atoms with Gasteiger partial charge in [-0.15, -0.1) is 0 Å². The van der Waals surface area contributed by atoms with Crippen LogP contribution in [0, 0.1) is 5.92 Å². The molecule has 2 saturated heterocycles. The number of ether oxygens (including phenoxy) is 9. The second kappa shape index (κ2) is 26.7. The Labute approximate surface area is 421 Å². The molecule has 0 amide bonds. The van der Waals surface area contributed by atoms with E-state index in [1.807, 2.05) is 43.4 Å². The molecule has 390 valence electrons. The maximum absolute atomic E-state index is 13.9. The lowest BCUT2D eigenvalue weighted by Crippen LogP contribution is -2.67. The molecule has 0 bridgehead atoms. The fourth-order valence-corrected chi connectivity index (χ4v) is 10.4. The third kappa shape index (κ3) is 15.6. The average molecular weight is 1020 g/mol. The molecule has 20 heteroatoms. The van der Waals surface area contributed by atoms with Crippen molar-refractivity contribution in [1.29, 1.82) is 0 Å². The average Bonchev–Trinajstić information content (AvgIpc) is 3.35. The van der Waals surface area contributed by atoms with Crippen molar-refractivity contribution in [1.82, 2.24) is 0 Å². The monoisotopic (exact) mass is 1020 g/mol. The zero-order valence-electron chi connectivity index (χ0n) is 42.3. The van der Waals surface area contributed by atoms with E-state index < -0.39 is 107 Å². The van der Waals surface area contributed by atoms with Gasteiger partial charge in [0.1, 0.15) is 48.6 Å². The van der Waals surface area contributed by atoms with Gasteiger partial charge in [-0.1, -0.05) is 112 Å². The van der Waals surface area contributed by atoms with Crippen molar-refractivity contribution in [2.45, 2.75) is 160 Å². The number of hydrogen-bond acceptors (Lipinski definition) is 17. The largest absolute Gasteiger partial charge is 0.467 e. The Bertz CT molecular complexity index is 2330. The number of rotatable bonds is 25. The van der Waals surface area contributed by atoms with E-state index in [1.54, 1.807) is 60.7 Å². The fourth-order valence-electron chi connectivity index (χ4n) is 7.95. The van der Waals surface area contributed by atoms with E-state index in [4.69, 9.17) is 47.1 Å². The van der Waals surface area contributed by atoms with Crippen LogP contribution >= 0.6 is 0 Å². The van der Waals surface area contributed by atoms with Crippen molar-refractivity contribution < 1.29 is 75.8 Å². The molecule has 0 spiro atoms. The summed E-state index contributed by atoms with van der Waals surface area (Å²) in [5, 5.41) is 3.83. The van der Waals surface area contributed by atoms with Crippen molar-refractivity contribution in [3.05, 3.63) is 118 Å². The maximum atomic E-state index is 13.9. The molecule has 0 unspecified atom stereocenters. The summed E-state index contributed by atoms with van der Waals surface area (Å²) in [6.45, 7) is 14.2. The second-order valence-corrected chi connectivity index (χ2v) is 23.6. The summed E-state index contributed by atoms with van der Waals surface area (Å²) in [6.07, 6.45) is -15.3. The smallest absolute Gasteiger partial charge is 0.339 e. The highest BCUT2D eigenvalue weighted by Gasteiger charge is 2.58. The number of benzene rings is 3. The molecule has 3 aromatic carbocycles. The van der Waals surface area contributed by atoms with Crippen LogP contribution in [0.3, 0.4) is 0 Å². The number of Topliss-reactive ketones (excluding diaryl/α,β-unsaturated/α-hetero) is 2. The first kappa shape index (κ1) is 57.1. The number of carbonyl (C=O) groups excluding carboxylic acids is 6. The van der Waals surface area contributed by atoms with E-state index in [1.165, 1.54) is 13.8 Å². The van der Waals surface area contributed by atoms with E-state index in [0.717, 1.165) is 7.11 Å². The summed E-state index contributed by atoms with van der Waals surface area (Å²) < 4.78 is 63.4. The lowest BCUT2D eigenvalue weighted by Gasteiger charge is -2.51. The van der Waals surface area contributed by atoms with Crippen molar-refractivity contribution in [2.75, 3.05) is 13.7 Å². The molecule has 2 fully saturated rings. The summed E-state index contributed by atoms with van der Waals surface area (Å²) in [6, 6.07) is 24.8. The molecule has 0 N–H and O–H groups in total. The SMILES string of the molecule is COC(=O)[C@@H]1O[C@@H](O[C@H]2[C@H](OCc3ccccc3)[C@@H](N=[N+]=[N-])[C@H](O[Si](C)(C)C(C)(C)C(C)C)O[C@@H]2COC(=O)c2ccccc2)[C@H](OC(=O)CCC(C)=O)[C@@H](OCc2ccccc2)[C@@H]1OC(=O)CCC(C)=O. The van der Waals surface area contributed by atoms with Crippen LogP contribution in [0.2, 0.25) is 18.1 Å². The molecule has 2 aliphatic rings. The number of methoxy groups -OCH3 is 1. The van der Waals surface area contributed by atoms with Gasteiger partial charge in [0, 0.05) is 17.8 Å².